The van der Waals surface area contributed by atoms with Crippen molar-refractivity contribution in [3.05, 3.63) is 33.8 Å². The van der Waals surface area contributed by atoms with Gasteiger partial charge in [-0.05, 0) is 31.4 Å². The third kappa shape index (κ3) is 5.24. The van der Waals surface area contributed by atoms with Crippen LogP contribution in [0.25, 0.3) is 0 Å². The van der Waals surface area contributed by atoms with Crippen molar-refractivity contribution in [3.8, 4) is 0 Å². The summed E-state index contributed by atoms with van der Waals surface area (Å²) < 4.78 is 32.1. The lowest BCUT2D eigenvalue weighted by atomic mass is 10.1. The standard InChI is InChI=1S/C13H16BrF2NO2/c1-19-6-4-2-3-5-17-13(18)12-10(15)7-9(14)8-11(12)16/h7-8H,2-6H2,1H3,(H,17,18). The summed E-state index contributed by atoms with van der Waals surface area (Å²) in [6, 6.07) is 2.13. The minimum atomic E-state index is -0.872. The Morgan fingerprint density at radius 3 is 2.47 bits per heavy atom. The Labute approximate surface area is 119 Å². The molecule has 1 aromatic rings. The van der Waals surface area contributed by atoms with Crippen LogP contribution in [-0.4, -0.2) is 26.2 Å². The summed E-state index contributed by atoms with van der Waals surface area (Å²) in [4.78, 5) is 11.7. The highest BCUT2D eigenvalue weighted by Crippen LogP contribution is 2.19. The summed E-state index contributed by atoms with van der Waals surface area (Å²) >= 11 is 2.96. The van der Waals surface area contributed by atoms with Crippen LogP contribution in [0.2, 0.25) is 0 Å². The van der Waals surface area contributed by atoms with Crippen molar-refractivity contribution in [2.75, 3.05) is 20.3 Å². The lowest BCUT2D eigenvalue weighted by Gasteiger charge is -2.07. The van der Waals surface area contributed by atoms with Gasteiger partial charge in [0.05, 0.1) is 0 Å². The molecule has 1 amide bonds. The van der Waals surface area contributed by atoms with Crippen molar-refractivity contribution < 1.29 is 18.3 Å². The van der Waals surface area contributed by atoms with E-state index in [2.05, 4.69) is 21.2 Å². The van der Waals surface area contributed by atoms with Gasteiger partial charge in [-0.2, -0.15) is 0 Å². The summed E-state index contributed by atoms with van der Waals surface area (Å²) in [5, 5.41) is 2.50. The molecular formula is C13H16BrF2NO2. The molecular weight excluding hydrogens is 320 g/mol. The van der Waals surface area contributed by atoms with Gasteiger partial charge in [-0.3, -0.25) is 4.79 Å². The summed E-state index contributed by atoms with van der Waals surface area (Å²) in [5.41, 5.74) is -0.542. The molecule has 3 nitrogen and oxygen atoms in total. The van der Waals surface area contributed by atoms with E-state index >= 15 is 0 Å². The van der Waals surface area contributed by atoms with Crippen LogP contribution in [0.4, 0.5) is 8.78 Å². The molecule has 0 saturated heterocycles. The van der Waals surface area contributed by atoms with Crippen molar-refractivity contribution in [2.45, 2.75) is 19.3 Å². The van der Waals surface area contributed by atoms with Gasteiger partial charge in [0.15, 0.2) is 0 Å². The Balaban J connectivity index is 2.46. The summed E-state index contributed by atoms with van der Waals surface area (Å²) in [6.07, 6.45) is 2.53. The molecule has 1 rings (SSSR count). The molecule has 1 N–H and O–H groups in total. The summed E-state index contributed by atoms with van der Waals surface area (Å²) in [6.45, 7) is 1.06. The van der Waals surface area contributed by atoms with Gasteiger partial charge in [0.2, 0.25) is 0 Å². The summed E-state index contributed by atoms with van der Waals surface area (Å²) in [7, 11) is 1.63. The Morgan fingerprint density at radius 1 is 1.26 bits per heavy atom. The molecule has 0 aliphatic carbocycles. The molecule has 6 heteroatoms. The molecule has 1 aromatic carbocycles. The summed E-state index contributed by atoms with van der Waals surface area (Å²) in [5.74, 6) is -2.47. The number of carbonyl (C=O) groups is 1. The zero-order chi connectivity index (χ0) is 14.3. The molecule has 19 heavy (non-hydrogen) atoms. The predicted molar refractivity (Wildman–Crippen MR) is 72.1 cm³/mol. The lowest BCUT2D eigenvalue weighted by molar-refractivity contribution is 0.0944. The van der Waals surface area contributed by atoms with E-state index in [1.165, 1.54) is 0 Å². The lowest BCUT2D eigenvalue weighted by Crippen LogP contribution is -2.26. The number of ether oxygens (including phenoxy) is 1. The third-order valence-electron chi connectivity index (χ3n) is 2.54. The molecule has 0 saturated carbocycles. The maximum atomic E-state index is 13.5. The molecule has 106 valence electrons. The second-order valence-electron chi connectivity index (χ2n) is 4.05. The number of nitrogens with one attached hydrogen (secondary N) is 1. The van der Waals surface area contributed by atoms with Crippen LogP contribution in [0.1, 0.15) is 29.6 Å². The molecule has 0 aliphatic heterocycles. The average Bonchev–Trinajstić information content (AvgIpc) is 2.32. The fraction of sp³-hybridized carbons (Fsp3) is 0.462. The zero-order valence-electron chi connectivity index (χ0n) is 10.6. The second-order valence-corrected chi connectivity index (χ2v) is 4.97. The van der Waals surface area contributed by atoms with Crippen LogP contribution in [0.15, 0.2) is 16.6 Å². The van der Waals surface area contributed by atoms with Crippen LogP contribution in [0.5, 0.6) is 0 Å². The molecule has 0 spiro atoms. The van der Waals surface area contributed by atoms with Gasteiger partial charge in [0, 0.05) is 24.7 Å². The fourth-order valence-electron chi connectivity index (χ4n) is 1.60. The van der Waals surface area contributed by atoms with Crippen LogP contribution in [-0.2, 0) is 4.74 Å². The van der Waals surface area contributed by atoms with Crippen LogP contribution >= 0.6 is 15.9 Å². The third-order valence-corrected chi connectivity index (χ3v) is 3.00. The average molecular weight is 336 g/mol. The highest BCUT2D eigenvalue weighted by molar-refractivity contribution is 9.10. The van der Waals surface area contributed by atoms with Gasteiger partial charge in [-0.15, -0.1) is 0 Å². The first-order valence-corrected chi connectivity index (χ1v) is 6.77. The number of unbranched alkanes of at least 4 members (excludes halogenated alkanes) is 2. The molecule has 0 radical (unpaired) electrons. The van der Waals surface area contributed by atoms with E-state index in [-0.39, 0.29) is 4.47 Å². The number of halogens is 3. The van der Waals surface area contributed by atoms with E-state index in [0.717, 1.165) is 31.4 Å². The Kier molecular flexibility index (Phi) is 6.94. The molecule has 0 bridgehead atoms. The number of hydrogen-bond acceptors (Lipinski definition) is 2. The highest BCUT2D eigenvalue weighted by atomic mass is 79.9. The van der Waals surface area contributed by atoms with E-state index in [4.69, 9.17) is 4.74 Å². The molecule has 0 aromatic heterocycles. The minimum absolute atomic E-state index is 0.263. The van der Waals surface area contributed by atoms with E-state index in [0.29, 0.717) is 13.2 Å². The normalized spacial score (nSPS) is 10.5. The van der Waals surface area contributed by atoms with Crippen LogP contribution in [0, 0.1) is 11.6 Å². The van der Waals surface area contributed by atoms with Crippen molar-refractivity contribution in [1.82, 2.24) is 5.32 Å². The topological polar surface area (TPSA) is 38.3 Å². The van der Waals surface area contributed by atoms with Crippen molar-refractivity contribution in [2.24, 2.45) is 0 Å². The Morgan fingerprint density at radius 2 is 1.89 bits per heavy atom. The number of benzene rings is 1. The smallest absolute Gasteiger partial charge is 0.257 e. The number of carbonyl (C=O) groups excluding carboxylic acids is 1. The van der Waals surface area contributed by atoms with Gasteiger partial charge in [-0.25, -0.2) is 8.78 Å². The highest BCUT2D eigenvalue weighted by Gasteiger charge is 2.17. The Hall–Kier alpha value is -1.01. The predicted octanol–water partition coefficient (Wildman–Crippen LogP) is 3.27. The van der Waals surface area contributed by atoms with Gasteiger partial charge in [-0.1, -0.05) is 15.9 Å². The molecule has 0 fully saturated rings. The first-order chi connectivity index (χ1) is 9.06. The molecule has 0 atom stereocenters. The van der Waals surface area contributed by atoms with Crippen molar-refractivity contribution in [3.63, 3.8) is 0 Å². The zero-order valence-corrected chi connectivity index (χ0v) is 12.2. The van der Waals surface area contributed by atoms with Gasteiger partial charge >= 0.3 is 0 Å². The van der Waals surface area contributed by atoms with Gasteiger partial charge < -0.3 is 10.1 Å². The number of rotatable bonds is 7. The fourth-order valence-corrected chi connectivity index (χ4v) is 2.00. The first kappa shape index (κ1) is 16.0. The number of methoxy groups -OCH3 is 1. The van der Waals surface area contributed by atoms with Gasteiger partial charge in [0.25, 0.3) is 5.91 Å². The van der Waals surface area contributed by atoms with E-state index in [1.54, 1.807) is 7.11 Å². The SMILES string of the molecule is COCCCCCNC(=O)c1c(F)cc(Br)cc1F. The second kappa shape index (κ2) is 8.22. The van der Waals surface area contributed by atoms with Crippen molar-refractivity contribution >= 4 is 21.8 Å². The van der Waals surface area contributed by atoms with E-state index in [1.807, 2.05) is 0 Å². The van der Waals surface area contributed by atoms with Crippen molar-refractivity contribution in [1.29, 1.82) is 0 Å². The van der Waals surface area contributed by atoms with Crippen LogP contribution in [0.3, 0.4) is 0 Å². The quantitative estimate of drug-likeness (QED) is 0.776. The Bertz CT molecular complexity index is 418. The largest absolute Gasteiger partial charge is 0.385 e. The van der Waals surface area contributed by atoms with Gasteiger partial charge in [0.1, 0.15) is 17.2 Å². The minimum Gasteiger partial charge on any atom is -0.385 e. The molecule has 0 unspecified atom stereocenters. The maximum absolute atomic E-state index is 13.5. The van der Waals surface area contributed by atoms with E-state index in [9.17, 15) is 13.6 Å². The number of hydrogen-bond donors (Lipinski definition) is 1. The molecule has 0 aliphatic rings. The maximum Gasteiger partial charge on any atom is 0.257 e. The number of amides is 1. The van der Waals surface area contributed by atoms with E-state index < -0.39 is 23.1 Å². The van der Waals surface area contributed by atoms with Crippen LogP contribution < -0.4 is 5.32 Å². The monoisotopic (exact) mass is 335 g/mol. The first-order valence-electron chi connectivity index (χ1n) is 5.98. The molecule has 0 heterocycles.